The molecule has 0 radical (unpaired) electrons. The molecule has 3 heterocycles. The lowest BCUT2D eigenvalue weighted by atomic mass is 10.2. The lowest BCUT2D eigenvalue weighted by molar-refractivity contribution is -0.117. The first kappa shape index (κ1) is 10.6. The minimum absolute atomic E-state index is 0.139. The first-order valence-electron chi connectivity index (χ1n) is 5.40. The van der Waals surface area contributed by atoms with E-state index >= 15 is 0 Å². The second kappa shape index (κ2) is 4.02. The molecule has 1 amide bonds. The second-order valence-corrected chi connectivity index (χ2v) is 3.88. The molecule has 1 aliphatic rings. The summed E-state index contributed by atoms with van der Waals surface area (Å²) in [6.07, 6.45) is 6.90. The molecule has 90 valence electrons. The number of aromatic nitrogens is 4. The SMILES string of the molecule is Cn1cc(C2=NN(c3ncccn3)C(=O)C2)cn1. The molecule has 7 nitrogen and oxygen atoms in total. The van der Waals surface area contributed by atoms with Crippen LogP contribution >= 0.6 is 0 Å². The van der Waals surface area contributed by atoms with Crippen molar-refractivity contribution in [2.75, 3.05) is 5.01 Å². The van der Waals surface area contributed by atoms with E-state index in [-0.39, 0.29) is 12.3 Å². The van der Waals surface area contributed by atoms with Crippen molar-refractivity contribution in [3.8, 4) is 0 Å². The van der Waals surface area contributed by atoms with Crippen LogP contribution in [-0.2, 0) is 11.8 Å². The topological polar surface area (TPSA) is 76.3 Å². The molecule has 2 aromatic rings. The molecule has 2 aromatic heterocycles. The van der Waals surface area contributed by atoms with Gasteiger partial charge in [0.1, 0.15) is 0 Å². The maximum atomic E-state index is 11.9. The highest BCUT2D eigenvalue weighted by atomic mass is 16.2. The Labute approximate surface area is 103 Å². The molecule has 0 saturated heterocycles. The summed E-state index contributed by atoms with van der Waals surface area (Å²) in [5, 5.41) is 9.53. The van der Waals surface area contributed by atoms with Crippen LogP contribution in [0.4, 0.5) is 5.95 Å². The van der Waals surface area contributed by atoms with Crippen LogP contribution < -0.4 is 5.01 Å². The average Bonchev–Trinajstić information content (AvgIpc) is 2.97. The summed E-state index contributed by atoms with van der Waals surface area (Å²) >= 11 is 0. The molecule has 0 aliphatic carbocycles. The molecule has 0 saturated carbocycles. The van der Waals surface area contributed by atoms with Crippen molar-refractivity contribution in [2.24, 2.45) is 12.1 Å². The molecule has 7 heteroatoms. The van der Waals surface area contributed by atoms with Gasteiger partial charge in [-0.15, -0.1) is 0 Å². The summed E-state index contributed by atoms with van der Waals surface area (Å²) in [6.45, 7) is 0. The standard InChI is InChI=1S/C11H10N6O/c1-16-7-8(6-14-16)9-5-10(18)17(15-9)11-12-3-2-4-13-11/h2-4,6-7H,5H2,1H3. The number of nitrogens with zero attached hydrogens (tertiary/aromatic N) is 6. The molecule has 0 fully saturated rings. The van der Waals surface area contributed by atoms with Crippen LogP contribution in [0.2, 0.25) is 0 Å². The van der Waals surface area contributed by atoms with E-state index in [4.69, 9.17) is 0 Å². The lowest BCUT2D eigenvalue weighted by Gasteiger charge is -2.07. The van der Waals surface area contributed by atoms with E-state index in [1.54, 1.807) is 29.3 Å². The van der Waals surface area contributed by atoms with Gasteiger partial charge in [0.2, 0.25) is 0 Å². The third-order valence-electron chi connectivity index (χ3n) is 2.56. The monoisotopic (exact) mass is 242 g/mol. The first-order chi connectivity index (χ1) is 8.74. The molecular weight excluding hydrogens is 232 g/mol. The van der Waals surface area contributed by atoms with E-state index in [1.807, 2.05) is 13.2 Å². The fourth-order valence-corrected chi connectivity index (χ4v) is 1.72. The number of hydrogen-bond donors (Lipinski definition) is 0. The van der Waals surface area contributed by atoms with Gasteiger partial charge in [0.15, 0.2) is 0 Å². The predicted octanol–water partition coefficient (Wildman–Crippen LogP) is 0.351. The van der Waals surface area contributed by atoms with Gasteiger partial charge in [-0.25, -0.2) is 9.97 Å². The quantitative estimate of drug-likeness (QED) is 0.761. The Bertz CT molecular complexity index is 617. The van der Waals surface area contributed by atoms with E-state index < -0.39 is 0 Å². The smallest absolute Gasteiger partial charge is 0.256 e. The summed E-state index contributed by atoms with van der Waals surface area (Å²) in [5.41, 5.74) is 1.52. The van der Waals surface area contributed by atoms with Crippen molar-refractivity contribution < 1.29 is 4.79 Å². The van der Waals surface area contributed by atoms with Gasteiger partial charge in [0, 0.05) is 31.2 Å². The van der Waals surface area contributed by atoms with Gasteiger partial charge >= 0.3 is 0 Å². The van der Waals surface area contributed by atoms with Crippen molar-refractivity contribution in [2.45, 2.75) is 6.42 Å². The number of carbonyl (C=O) groups is 1. The molecule has 0 aromatic carbocycles. The Hall–Kier alpha value is -2.57. The zero-order valence-electron chi connectivity index (χ0n) is 9.69. The van der Waals surface area contributed by atoms with Gasteiger partial charge in [0.25, 0.3) is 11.9 Å². The molecule has 0 bridgehead atoms. The van der Waals surface area contributed by atoms with Crippen LogP contribution in [0.1, 0.15) is 12.0 Å². The Kier molecular flexibility index (Phi) is 2.36. The molecule has 0 atom stereocenters. The number of hydrogen-bond acceptors (Lipinski definition) is 5. The van der Waals surface area contributed by atoms with Crippen molar-refractivity contribution >= 4 is 17.6 Å². The number of anilines is 1. The van der Waals surface area contributed by atoms with E-state index in [0.717, 1.165) is 5.56 Å². The normalized spacial score (nSPS) is 15.1. The Balaban J connectivity index is 1.94. The number of amides is 1. The summed E-state index contributed by atoms with van der Waals surface area (Å²) in [7, 11) is 1.82. The highest BCUT2D eigenvalue weighted by Crippen LogP contribution is 2.18. The summed E-state index contributed by atoms with van der Waals surface area (Å²) in [6, 6.07) is 1.69. The third kappa shape index (κ3) is 1.75. The van der Waals surface area contributed by atoms with Crippen LogP contribution in [0.25, 0.3) is 0 Å². The second-order valence-electron chi connectivity index (χ2n) is 3.88. The highest BCUT2D eigenvalue weighted by Gasteiger charge is 2.28. The largest absolute Gasteiger partial charge is 0.275 e. The van der Waals surface area contributed by atoms with Gasteiger partial charge in [-0.1, -0.05) is 0 Å². The van der Waals surface area contributed by atoms with Crippen molar-refractivity contribution in [1.82, 2.24) is 19.7 Å². The predicted molar refractivity (Wildman–Crippen MR) is 63.9 cm³/mol. The van der Waals surface area contributed by atoms with Crippen molar-refractivity contribution in [3.05, 3.63) is 36.4 Å². The zero-order chi connectivity index (χ0) is 12.5. The van der Waals surface area contributed by atoms with Gasteiger partial charge in [-0.3, -0.25) is 9.48 Å². The molecule has 1 aliphatic heterocycles. The van der Waals surface area contributed by atoms with Crippen LogP contribution in [0.3, 0.4) is 0 Å². The van der Waals surface area contributed by atoms with E-state index in [0.29, 0.717) is 11.7 Å². The van der Waals surface area contributed by atoms with Crippen molar-refractivity contribution in [3.63, 3.8) is 0 Å². The molecule has 3 rings (SSSR count). The summed E-state index contributed by atoms with van der Waals surface area (Å²) < 4.78 is 1.67. The maximum absolute atomic E-state index is 11.9. The van der Waals surface area contributed by atoms with Crippen LogP contribution in [0.5, 0.6) is 0 Å². The molecule has 0 spiro atoms. The number of aryl methyl sites for hydroxylation is 1. The highest BCUT2D eigenvalue weighted by molar-refractivity contribution is 6.18. The maximum Gasteiger partial charge on any atom is 0.256 e. The minimum atomic E-state index is -0.139. The fourth-order valence-electron chi connectivity index (χ4n) is 1.72. The Morgan fingerprint density at radius 1 is 1.28 bits per heavy atom. The fraction of sp³-hybridized carbons (Fsp3) is 0.182. The Morgan fingerprint density at radius 3 is 2.72 bits per heavy atom. The van der Waals surface area contributed by atoms with E-state index in [2.05, 4.69) is 20.2 Å². The van der Waals surface area contributed by atoms with E-state index in [9.17, 15) is 4.79 Å². The van der Waals surface area contributed by atoms with Gasteiger partial charge in [0.05, 0.1) is 18.3 Å². The zero-order valence-corrected chi connectivity index (χ0v) is 9.69. The third-order valence-corrected chi connectivity index (χ3v) is 2.56. The number of hydrazone groups is 1. The Morgan fingerprint density at radius 2 is 2.06 bits per heavy atom. The summed E-state index contributed by atoms with van der Waals surface area (Å²) in [5.74, 6) is 0.154. The van der Waals surface area contributed by atoms with Crippen LogP contribution in [-0.4, -0.2) is 31.4 Å². The van der Waals surface area contributed by atoms with Gasteiger partial charge in [-0.05, 0) is 6.07 Å². The van der Waals surface area contributed by atoms with Crippen LogP contribution in [0, 0.1) is 0 Å². The minimum Gasteiger partial charge on any atom is -0.275 e. The summed E-state index contributed by atoms with van der Waals surface area (Å²) in [4.78, 5) is 19.9. The van der Waals surface area contributed by atoms with Crippen LogP contribution in [0.15, 0.2) is 36.0 Å². The molecule has 0 N–H and O–H groups in total. The van der Waals surface area contributed by atoms with Gasteiger partial charge in [-0.2, -0.15) is 15.2 Å². The molecular formula is C11H10N6O. The van der Waals surface area contributed by atoms with Crippen molar-refractivity contribution in [1.29, 1.82) is 0 Å². The first-order valence-corrected chi connectivity index (χ1v) is 5.40. The molecule has 0 unspecified atom stereocenters. The number of rotatable bonds is 2. The van der Waals surface area contributed by atoms with Gasteiger partial charge < -0.3 is 0 Å². The number of carbonyl (C=O) groups excluding carboxylic acids is 1. The molecule has 18 heavy (non-hydrogen) atoms. The lowest BCUT2D eigenvalue weighted by Crippen LogP contribution is -2.21. The average molecular weight is 242 g/mol. The van der Waals surface area contributed by atoms with E-state index in [1.165, 1.54) is 5.01 Å².